The van der Waals surface area contributed by atoms with Crippen LogP contribution >= 0.6 is 0 Å². The van der Waals surface area contributed by atoms with Crippen LogP contribution in [0.5, 0.6) is 0 Å². The zero-order valence-corrected chi connectivity index (χ0v) is 14.1. The SMILES string of the molecule is CC(C)C1=CC2=CC[C@@H]3C(C)(C)CCC[C@]3(C)[C@H]2CC1. The van der Waals surface area contributed by atoms with Gasteiger partial charge in [-0.25, -0.2) is 0 Å². The summed E-state index contributed by atoms with van der Waals surface area (Å²) >= 11 is 0. The van der Waals surface area contributed by atoms with Gasteiger partial charge in [0.15, 0.2) is 0 Å². The predicted octanol–water partition coefficient (Wildman–Crippen LogP) is 6.14. The van der Waals surface area contributed by atoms with E-state index in [0.717, 1.165) is 17.8 Å². The quantitative estimate of drug-likeness (QED) is 0.537. The molecule has 112 valence electrons. The Kier molecular flexibility index (Phi) is 3.42. The summed E-state index contributed by atoms with van der Waals surface area (Å²) in [5.74, 6) is 2.46. The molecular weight excluding hydrogens is 240 g/mol. The molecule has 3 aliphatic carbocycles. The number of hydrogen-bond acceptors (Lipinski definition) is 0. The minimum atomic E-state index is 0.539. The van der Waals surface area contributed by atoms with Crippen molar-refractivity contribution in [2.24, 2.45) is 28.6 Å². The number of fused-ring (bicyclic) bond motifs is 3. The van der Waals surface area contributed by atoms with Crippen molar-refractivity contribution in [2.45, 2.75) is 73.1 Å². The van der Waals surface area contributed by atoms with Gasteiger partial charge in [0.2, 0.25) is 0 Å². The molecule has 0 aromatic rings. The zero-order chi connectivity index (χ0) is 14.5. The van der Waals surface area contributed by atoms with Gasteiger partial charge in [0.25, 0.3) is 0 Å². The minimum Gasteiger partial charge on any atom is -0.0807 e. The van der Waals surface area contributed by atoms with Crippen molar-refractivity contribution >= 4 is 0 Å². The van der Waals surface area contributed by atoms with Gasteiger partial charge in [-0.05, 0) is 66.3 Å². The lowest BCUT2D eigenvalue weighted by atomic mass is 9.47. The Balaban J connectivity index is 1.97. The van der Waals surface area contributed by atoms with Gasteiger partial charge in [-0.2, -0.15) is 0 Å². The molecule has 20 heavy (non-hydrogen) atoms. The summed E-state index contributed by atoms with van der Waals surface area (Å²) in [5, 5.41) is 0. The number of rotatable bonds is 1. The first-order chi connectivity index (χ1) is 9.34. The first kappa shape index (κ1) is 14.4. The highest BCUT2D eigenvalue weighted by Gasteiger charge is 2.52. The fourth-order valence-electron chi connectivity index (χ4n) is 5.66. The molecule has 0 aromatic heterocycles. The molecule has 0 aliphatic heterocycles. The molecule has 0 heterocycles. The number of allylic oxidation sites excluding steroid dienone is 4. The largest absolute Gasteiger partial charge is 0.0807 e. The van der Waals surface area contributed by atoms with Gasteiger partial charge in [0.05, 0.1) is 0 Å². The molecule has 3 atom stereocenters. The first-order valence-electron chi connectivity index (χ1n) is 8.75. The Labute approximate surface area is 125 Å². The molecule has 3 aliphatic rings. The summed E-state index contributed by atoms with van der Waals surface area (Å²) in [7, 11) is 0. The molecule has 1 fully saturated rings. The molecule has 0 aromatic carbocycles. The van der Waals surface area contributed by atoms with Gasteiger partial charge in [0.1, 0.15) is 0 Å². The number of hydrogen-bond donors (Lipinski definition) is 0. The molecule has 3 rings (SSSR count). The molecule has 0 radical (unpaired) electrons. The average molecular weight is 272 g/mol. The van der Waals surface area contributed by atoms with Gasteiger partial charge in [-0.15, -0.1) is 0 Å². The van der Waals surface area contributed by atoms with Gasteiger partial charge < -0.3 is 0 Å². The molecule has 0 spiro atoms. The fourth-order valence-corrected chi connectivity index (χ4v) is 5.66. The molecule has 0 amide bonds. The fraction of sp³-hybridized carbons (Fsp3) is 0.800. The van der Waals surface area contributed by atoms with Gasteiger partial charge in [0, 0.05) is 0 Å². The highest BCUT2D eigenvalue weighted by molar-refractivity contribution is 5.35. The highest BCUT2D eigenvalue weighted by Crippen LogP contribution is 2.61. The van der Waals surface area contributed by atoms with E-state index in [0.29, 0.717) is 10.8 Å². The summed E-state index contributed by atoms with van der Waals surface area (Å²) < 4.78 is 0. The van der Waals surface area contributed by atoms with E-state index < -0.39 is 0 Å². The van der Waals surface area contributed by atoms with Crippen molar-refractivity contribution in [3.63, 3.8) is 0 Å². The normalized spacial score (nSPS) is 39.7. The topological polar surface area (TPSA) is 0 Å². The Morgan fingerprint density at radius 1 is 1.15 bits per heavy atom. The lowest BCUT2D eigenvalue weighted by molar-refractivity contribution is -0.0389. The lowest BCUT2D eigenvalue weighted by Gasteiger charge is -2.57. The monoisotopic (exact) mass is 272 g/mol. The summed E-state index contributed by atoms with van der Waals surface area (Å²) in [6, 6.07) is 0. The van der Waals surface area contributed by atoms with Crippen LogP contribution in [-0.2, 0) is 0 Å². The van der Waals surface area contributed by atoms with Crippen LogP contribution in [0.3, 0.4) is 0 Å². The molecule has 0 nitrogen and oxygen atoms in total. The highest BCUT2D eigenvalue weighted by atomic mass is 14.6. The van der Waals surface area contributed by atoms with E-state index in [2.05, 4.69) is 46.8 Å². The van der Waals surface area contributed by atoms with Crippen molar-refractivity contribution in [1.29, 1.82) is 0 Å². The van der Waals surface area contributed by atoms with Crippen LogP contribution in [0.15, 0.2) is 23.3 Å². The Morgan fingerprint density at radius 2 is 1.90 bits per heavy atom. The van der Waals surface area contributed by atoms with Crippen molar-refractivity contribution in [1.82, 2.24) is 0 Å². The molecule has 0 bridgehead atoms. The van der Waals surface area contributed by atoms with E-state index in [4.69, 9.17) is 0 Å². The second-order valence-electron chi connectivity index (χ2n) is 8.81. The molecule has 0 N–H and O–H groups in total. The lowest BCUT2D eigenvalue weighted by Crippen LogP contribution is -2.49. The molecule has 1 saturated carbocycles. The van der Waals surface area contributed by atoms with Crippen LogP contribution in [0.4, 0.5) is 0 Å². The van der Waals surface area contributed by atoms with E-state index in [1.807, 2.05) is 0 Å². The second-order valence-corrected chi connectivity index (χ2v) is 8.81. The maximum absolute atomic E-state index is 2.62. The van der Waals surface area contributed by atoms with Crippen molar-refractivity contribution in [3.8, 4) is 0 Å². The van der Waals surface area contributed by atoms with E-state index in [-0.39, 0.29) is 0 Å². The predicted molar refractivity (Wildman–Crippen MR) is 87.6 cm³/mol. The average Bonchev–Trinajstić information content (AvgIpc) is 2.37. The standard InChI is InChI=1S/C20H32/c1-14(2)15-7-9-17-16(13-15)8-10-18-19(3,4)11-6-12-20(17,18)5/h8,13-14,17-18H,6-7,9-12H2,1-5H3/t17-,18+,20+/m0/s1. The molecular formula is C20H32. The smallest absolute Gasteiger partial charge is 0.0105 e. The molecule has 0 saturated heterocycles. The third kappa shape index (κ3) is 2.11. The van der Waals surface area contributed by atoms with E-state index >= 15 is 0 Å². The Bertz CT molecular complexity index is 449. The third-order valence-electron chi connectivity index (χ3n) is 6.88. The second kappa shape index (κ2) is 4.75. The van der Waals surface area contributed by atoms with E-state index in [1.165, 1.54) is 38.5 Å². The minimum absolute atomic E-state index is 0.539. The van der Waals surface area contributed by atoms with Crippen LogP contribution in [0.1, 0.15) is 73.1 Å². The summed E-state index contributed by atoms with van der Waals surface area (Å²) in [5.41, 5.74) is 4.48. The van der Waals surface area contributed by atoms with Crippen LogP contribution in [0, 0.1) is 28.6 Å². The summed E-state index contributed by atoms with van der Waals surface area (Å²) in [6.07, 6.45) is 13.5. The van der Waals surface area contributed by atoms with Gasteiger partial charge >= 0.3 is 0 Å². The van der Waals surface area contributed by atoms with Crippen LogP contribution in [0.25, 0.3) is 0 Å². The van der Waals surface area contributed by atoms with E-state index in [9.17, 15) is 0 Å². The van der Waals surface area contributed by atoms with E-state index in [1.54, 1.807) is 11.1 Å². The van der Waals surface area contributed by atoms with Gasteiger partial charge in [-0.1, -0.05) is 58.8 Å². The Hall–Kier alpha value is -0.520. The third-order valence-corrected chi connectivity index (χ3v) is 6.88. The molecule has 0 heteroatoms. The van der Waals surface area contributed by atoms with Gasteiger partial charge in [-0.3, -0.25) is 0 Å². The van der Waals surface area contributed by atoms with Crippen molar-refractivity contribution < 1.29 is 0 Å². The van der Waals surface area contributed by atoms with Crippen LogP contribution < -0.4 is 0 Å². The first-order valence-corrected chi connectivity index (χ1v) is 8.75. The maximum Gasteiger partial charge on any atom is -0.0105 e. The van der Waals surface area contributed by atoms with Crippen molar-refractivity contribution in [3.05, 3.63) is 23.3 Å². The zero-order valence-electron chi connectivity index (χ0n) is 14.1. The van der Waals surface area contributed by atoms with Crippen LogP contribution in [0.2, 0.25) is 0 Å². The maximum atomic E-state index is 2.62. The van der Waals surface area contributed by atoms with Crippen LogP contribution in [-0.4, -0.2) is 0 Å². The van der Waals surface area contributed by atoms with Crippen molar-refractivity contribution in [2.75, 3.05) is 0 Å². The summed E-state index contributed by atoms with van der Waals surface area (Å²) in [4.78, 5) is 0. The Morgan fingerprint density at radius 3 is 2.60 bits per heavy atom. The molecule has 0 unspecified atom stereocenters. The summed E-state index contributed by atoms with van der Waals surface area (Å²) in [6.45, 7) is 12.4.